The summed E-state index contributed by atoms with van der Waals surface area (Å²) in [6, 6.07) is 2.09. The number of nitrogens with zero attached hydrogens (tertiary/aromatic N) is 2. The van der Waals surface area contributed by atoms with E-state index in [1.54, 1.807) is 0 Å². The van der Waals surface area contributed by atoms with Crippen LogP contribution in [-0.4, -0.2) is 20.8 Å². The minimum absolute atomic E-state index is 0.0449. The number of aliphatic hydroxyl groups excluding tert-OH is 1. The summed E-state index contributed by atoms with van der Waals surface area (Å²) in [5.41, 5.74) is 6.18. The smallest absolute Gasteiger partial charge is 0.201 e. The van der Waals surface area contributed by atoms with Crippen LogP contribution in [0.4, 0.5) is 14.7 Å². The maximum Gasteiger partial charge on any atom is 0.201 e. The summed E-state index contributed by atoms with van der Waals surface area (Å²) >= 11 is 0. The Kier molecular flexibility index (Phi) is 2.89. The van der Waals surface area contributed by atoms with Gasteiger partial charge in [-0.25, -0.2) is 13.8 Å². The molecule has 0 bridgehead atoms. The Labute approximate surface area is 108 Å². The lowest BCUT2D eigenvalue weighted by Crippen LogP contribution is -2.28. The molecule has 0 radical (unpaired) electrons. The van der Waals surface area contributed by atoms with E-state index in [0.717, 1.165) is 18.9 Å². The Morgan fingerprint density at radius 3 is 2.74 bits per heavy atom. The van der Waals surface area contributed by atoms with Crippen molar-refractivity contribution in [2.24, 2.45) is 0 Å². The van der Waals surface area contributed by atoms with E-state index in [-0.39, 0.29) is 17.5 Å². The van der Waals surface area contributed by atoms with Crippen LogP contribution in [0.2, 0.25) is 0 Å². The fraction of sp³-hybridized carbons (Fsp3) is 0.462. The molecule has 1 heterocycles. The average molecular weight is 267 g/mol. The molecule has 0 aliphatic heterocycles. The maximum absolute atomic E-state index is 14.0. The zero-order valence-electron chi connectivity index (χ0n) is 10.3. The molecule has 2 atom stereocenters. The lowest BCUT2D eigenvalue weighted by Gasteiger charge is -2.29. The minimum atomic E-state index is -0.959. The topological polar surface area (TPSA) is 64.1 Å². The van der Waals surface area contributed by atoms with Crippen LogP contribution in [-0.2, 0) is 0 Å². The van der Waals surface area contributed by atoms with E-state index >= 15 is 0 Å². The highest BCUT2D eigenvalue weighted by atomic mass is 19.2. The lowest BCUT2D eigenvalue weighted by molar-refractivity contribution is 0.0780. The van der Waals surface area contributed by atoms with Gasteiger partial charge >= 0.3 is 0 Å². The molecule has 3 N–H and O–H groups in total. The fourth-order valence-electron chi connectivity index (χ4n) is 2.87. The zero-order valence-corrected chi connectivity index (χ0v) is 10.3. The number of benzene rings is 1. The molecule has 1 saturated carbocycles. The molecule has 1 aromatic carbocycles. The predicted octanol–water partition coefficient (Wildman–Crippen LogP) is 2.37. The third-order valence-electron chi connectivity index (χ3n) is 3.80. The highest BCUT2D eigenvalue weighted by Gasteiger charge is 2.29. The molecular weight excluding hydrogens is 252 g/mol. The molecule has 6 heteroatoms. The van der Waals surface area contributed by atoms with E-state index in [2.05, 4.69) is 4.98 Å². The molecule has 1 fully saturated rings. The van der Waals surface area contributed by atoms with Crippen molar-refractivity contribution in [2.45, 2.75) is 37.8 Å². The largest absolute Gasteiger partial charge is 0.391 e. The van der Waals surface area contributed by atoms with Crippen LogP contribution in [0.3, 0.4) is 0 Å². The summed E-state index contributed by atoms with van der Waals surface area (Å²) in [5, 5.41) is 10.1. The SMILES string of the molecule is Nc1nc2ccc(F)c(F)c2n1C1CCCCC1O. The second-order valence-electron chi connectivity index (χ2n) is 4.99. The van der Waals surface area contributed by atoms with Crippen molar-refractivity contribution in [1.29, 1.82) is 0 Å². The van der Waals surface area contributed by atoms with Gasteiger partial charge in [0.2, 0.25) is 5.95 Å². The molecular formula is C13H15F2N3O. The predicted molar refractivity (Wildman–Crippen MR) is 67.6 cm³/mol. The van der Waals surface area contributed by atoms with E-state index in [9.17, 15) is 13.9 Å². The second kappa shape index (κ2) is 4.45. The van der Waals surface area contributed by atoms with E-state index in [1.807, 2.05) is 0 Å². The van der Waals surface area contributed by atoms with Crippen LogP contribution in [0.5, 0.6) is 0 Å². The number of aromatic nitrogens is 2. The van der Waals surface area contributed by atoms with Crippen LogP contribution >= 0.6 is 0 Å². The highest BCUT2D eigenvalue weighted by Crippen LogP contribution is 2.34. The van der Waals surface area contributed by atoms with Crippen molar-refractivity contribution in [3.8, 4) is 0 Å². The Hall–Kier alpha value is -1.69. The van der Waals surface area contributed by atoms with Crippen LogP contribution in [0.15, 0.2) is 12.1 Å². The van der Waals surface area contributed by atoms with Gasteiger partial charge in [-0.15, -0.1) is 0 Å². The summed E-state index contributed by atoms with van der Waals surface area (Å²) in [4.78, 5) is 4.05. The zero-order chi connectivity index (χ0) is 13.6. The minimum Gasteiger partial charge on any atom is -0.391 e. The first kappa shape index (κ1) is 12.3. The number of anilines is 1. The number of nitrogens with two attached hydrogens (primary N) is 1. The van der Waals surface area contributed by atoms with Gasteiger partial charge < -0.3 is 15.4 Å². The molecule has 1 aliphatic rings. The number of aliphatic hydroxyl groups is 1. The summed E-state index contributed by atoms with van der Waals surface area (Å²) < 4.78 is 28.8. The number of nitrogen functional groups attached to an aromatic ring is 1. The normalized spacial score (nSPS) is 23.9. The van der Waals surface area contributed by atoms with Crippen molar-refractivity contribution in [1.82, 2.24) is 9.55 Å². The van der Waals surface area contributed by atoms with E-state index in [0.29, 0.717) is 18.4 Å². The average Bonchev–Trinajstić information content (AvgIpc) is 2.72. The van der Waals surface area contributed by atoms with Gasteiger partial charge in [-0.05, 0) is 25.0 Å². The van der Waals surface area contributed by atoms with E-state index < -0.39 is 17.7 Å². The molecule has 0 amide bonds. The quantitative estimate of drug-likeness (QED) is 0.833. The number of fused-ring (bicyclic) bond motifs is 1. The number of halogens is 2. The van der Waals surface area contributed by atoms with Gasteiger partial charge in [0.25, 0.3) is 0 Å². The molecule has 2 unspecified atom stereocenters. The molecule has 0 saturated heterocycles. The molecule has 0 spiro atoms. The first-order valence-electron chi connectivity index (χ1n) is 6.39. The second-order valence-corrected chi connectivity index (χ2v) is 4.99. The third kappa shape index (κ3) is 1.87. The molecule has 1 aromatic heterocycles. The van der Waals surface area contributed by atoms with Gasteiger partial charge in [0.1, 0.15) is 5.52 Å². The van der Waals surface area contributed by atoms with Gasteiger partial charge in [0, 0.05) is 0 Å². The maximum atomic E-state index is 14.0. The van der Waals surface area contributed by atoms with Crippen LogP contribution in [0.25, 0.3) is 11.0 Å². The fourth-order valence-corrected chi connectivity index (χ4v) is 2.87. The number of hydrogen-bond acceptors (Lipinski definition) is 3. The van der Waals surface area contributed by atoms with Crippen molar-refractivity contribution in [2.75, 3.05) is 5.73 Å². The number of rotatable bonds is 1. The van der Waals surface area contributed by atoms with Gasteiger partial charge in [-0.1, -0.05) is 12.8 Å². The molecule has 19 heavy (non-hydrogen) atoms. The Morgan fingerprint density at radius 1 is 1.26 bits per heavy atom. The number of hydrogen-bond donors (Lipinski definition) is 2. The Bertz CT molecular complexity index is 626. The molecule has 2 aromatic rings. The molecule has 102 valence electrons. The van der Waals surface area contributed by atoms with Crippen molar-refractivity contribution < 1.29 is 13.9 Å². The number of imidazole rings is 1. The van der Waals surface area contributed by atoms with Crippen molar-refractivity contribution in [3.05, 3.63) is 23.8 Å². The molecule has 3 rings (SSSR count). The van der Waals surface area contributed by atoms with Crippen LogP contribution in [0.1, 0.15) is 31.7 Å². The first-order chi connectivity index (χ1) is 9.09. The summed E-state index contributed by atoms with van der Waals surface area (Å²) in [5.74, 6) is -1.77. The van der Waals surface area contributed by atoms with Gasteiger partial charge in [0.05, 0.1) is 17.7 Å². The summed E-state index contributed by atoms with van der Waals surface area (Å²) in [6.07, 6.45) is 2.59. The van der Waals surface area contributed by atoms with Crippen molar-refractivity contribution >= 4 is 17.0 Å². The first-order valence-corrected chi connectivity index (χ1v) is 6.39. The monoisotopic (exact) mass is 267 g/mol. The third-order valence-corrected chi connectivity index (χ3v) is 3.80. The Balaban J connectivity index is 2.22. The van der Waals surface area contributed by atoms with Gasteiger partial charge in [-0.3, -0.25) is 0 Å². The Morgan fingerprint density at radius 2 is 2.00 bits per heavy atom. The summed E-state index contributed by atoms with van der Waals surface area (Å²) in [6.45, 7) is 0. The van der Waals surface area contributed by atoms with Crippen LogP contribution in [0, 0.1) is 11.6 Å². The van der Waals surface area contributed by atoms with Gasteiger partial charge in [0.15, 0.2) is 11.6 Å². The van der Waals surface area contributed by atoms with Crippen molar-refractivity contribution in [3.63, 3.8) is 0 Å². The summed E-state index contributed by atoms with van der Waals surface area (Å²) in [7, 11) is 0. The van der Waals surface area contributed by atoms with Crippen LogP contribution < -0.4 is 5.73 Å². The highest BCUT2D eigenvalue weighted by molar-refractivity contribution is 5.79. The molecule has 1 aliphatic carbocycles. The molecule has 4 nitrogen and oxygen atoms in total. The lowest BCUT2D eigenvalue weighted by atomic mass is 9.92. The van der Waals surface area contributed by atoms with E-state index in [1.165, 1.54) is 10.6 Å². The van der Waals surface area contributed by atoms with Gasteiger partial charge in [-0.2, -0.15) is 0 Å². The van der Waals surface area contributed by atoms with E-state index in [4.69, 9.17) is 5.73 Å². The standard InChI is InChI=1S/C13H15F2N3O/c14-7-5-6-8-12(11(7)15)18(13(16)17-8)9-3-1-2-4-10(9)19/h5-6,9-10,19H,1-4H2,(H2,16,17).